The molecular formula is C10H10F3NO3. The molecule has 0 spiro atoms. The van der Waals surface area contributed by atoms with Crippen LogP contribution in [0.3, 0.4) is 0 Å². The number of amides is 1. The lowest BCUT2D eigenvalue weighted by molar-refractivity contribution is -0.274. The van der Waals surface area contributed by atoms with Gasteiger partial charge in [-0.3, -0.25) is 4.79 Å². The van der Waals surface area contributed by atoms with Crippen molar-refractivity contribution in [3.8, 4) is 5.75 Å². The van der Waals surface area contributed by atoms with Gasteiger partial charge in [-0.1, -0.05) is 0 Å². The molecule has 0 aliphatic rings. The van der Waals surface area contributed by atoms with Gasteiger partial charge in [0.05, 0.1) is 0 Å². The normalized spacial score (nSPS) is 11.1. The van der Waals surface area contributed by atoms with Crippen LogP contribution in [0, 0.1) is 0 Å². The van der Waals surface area contributed by atoms with Crippen molar-refractivity contribution >= 4 is 11.6 Å². The van der Waals surface area contributed by atoms with Crippen LogP contribution in [0.25, 0.3) is 0 Å². The first-order valence-electron chi connectivity index (χ1n) is 4.55. The number of hydrogen-bond donors (Lipinski definition) is 1. The second-order valence-corrected chi connectivity index (χ2v) is 3.05. The average Bonchev–Trinajstić information content (AvgIpc) is 2.19. The molecule has 7 heteroatoms. The molecule has 0 saturated heterocycles. The van der Waals surface area contributed by atoms with E-state index in [1.165, 1.54) is 19.2 Å². The zero-order valence-corrected chi connectivity index (χ0v) is 8.88. The van der Waals surface area contributed by atoms with Crippen LogP contribution in [-0.2, 0) is 9.53 Å². The Morgan fingerprint density at radius 2 is 1.88 bits per heavy atom. The minimum Gasteiger partial charge on any atom is -0.406 e. The summed E-state index contributed by atoms with van der Waals surface area (Å²) in [5, 5.41) is 2.43. The number of carbonyl (C=O) groups is 1. The van der Waals surface area contributed by atoms with Gasteiger partial charge in [0.25, 0.3) is 0 Å². The summed E-state index contributed by atoms with van der Waals surface area (Å²) in [6.45, 7) is -0.124. The van der Waals surface area contributed by atoms with Gasteiger partial charge < -0.3 is 14.8 Å². The Hall–Kier alpha value is -1.76. The Morgan fingerprint density at radius 1 is 1.29 bits per heavy atom. The maximum atomic E-state index is 11.8. The van der Waals surface area contributed by atoms with Crippen molar-refractivity contribution in [3.63, 3.8) is 0 Å². The van der Waals surface area contributed by atoms with E-state index in [1.54, 1.807) is 0 Å². The molecule has 0 aromatic heterocycles. The molecule has 0 bridgehead atoms. The quantitative estimate of drug-likeness (QED) is 0.889. The molecule has 0 atom stereocenters. The molecule has 94 valence electrons. The number of hydrogen-bond acceptors (Lipinski definition) is 3. The molecule has 17 heavy (non-hydrogen) atoms. The zero-order chi connectivity index (χ0) is 12.9. The van der Waals surface area contributed by atoms with Crippen LogP contribution in [0.4, 0.5) is 18.9 Å². The fraction of sp³-hybridized carbons (Fsp3) is 0.300. The fourth-order valence-corrected chi connectivity index (χ4v) is 1.07. The molecule has 1 aromatic rings. The topological polar surface area (TPSA) is 47.6 Å². The second kappa shape index (κ2) is 5.53. The summed E-state index contributed by atoms with van der Waals surface area (Å²) in [6, 6.07) is 4.81. The van der Waals surface area contributed by atoms with E-state index in [-0.39, 0.29) is 12.4 Å². The SMILES string of the molecule is COCC(=O)Nc1ccc(OC(F)(F)F)cc1. The third-order valence-corrected chi connectivity index (χ3v) is 1.65. The number of anilines is 1. The van der Waals surface area contributed by atoms with Crippen LogP contribution in [-0.4, -0.2) is 26.0 Å². The van der Waals surface area contributed by atoms with E-state index < -0.39 is 12.3 Å². The third kappa shape index (κ3) is 5.21. The van der Waals surface area contributed by atoms with Gasteiger partial charge in [-0.2, -0.15) is 0 Å². The predicted octanol–water partition coefficient (Wildman–Crippen LogP) is 2.17. The van der Waals surface area contributed by atoms with Crippen LogP contribution in [0.2, 0.25) is 0 Å². The lowest BCUT2D eigenvalue weighted by Gasteiger charge is -2.09. The molecule has 0 radical (unpaired) electrons. The highest BCUT2D eigenvalue weighted by molar-refractivity contribution is 5.91. The highest BCUT2D eigenvalue weighted by Crippen LogP contribution is 2.23. The van der Waals surface area contributed by atoms with Crippen molar-refractivity contribution in [2.75, 3.05) is 19.0 Å². The Kier molecular flexibility index (Phi) is 4.33. The largest absolute Gasteiger partial charge is 0.573 e. The molecule has 0 unspecified atom stereocenters. The number of rotatable bonds is 4. The number of methoxy groups -OCH3 is 1. The minimum atomic E-state index is -4.72. The van der Waals surface area contributed by atoms with E-state index in [0.29, 0.717) is 5.69 Å². The van der Waals surface area contributed by atoms with Crippen LogP contribution < -0.4 is 10.1 Å². The van der Waals surface area contributed by atoms with Gasteiger partial charge in [-0.05, 0) is 24.3 Å². The average molecular weight is 249 g/mol. The zero-order valence-electron chi connectivity index (χ0n) is 8.88. The summed E-state index contributed by atoms with van der Waals surface area (Å²) in [5.41, 5.74) is 0.363. The van der Waals surface area contributed by atoms with Crippen LogP contribution in [0.5, 0.6) is 5.75 Å². The molecule has 0 heterocycles. The van der Waals surface area contributed by atoms with Gasteiger partial charge in [-0.15, -0.1) is 13.2 Å². The molecule has 1 aromatic carbocycles. The molecule has 0 saturated carbocycles. The van der Waals surface area contributed by atoms with Gasteiger partial charge >= 0.3 is 6.36 Å². The van der Waals surface area contributed by atoms with Gasteiger partial charge in [0.1, 0.15) is 12.4 Å². The Morgan fingerprint density at radius 3 is 2.35 bits per heavy atom. The van der Waals surface area contributed by atoms with Crippen molar-refractivity contribution in [1.29, 1.82) is 0 Å². The van der Waals surface area contributed by atoms with Gasteiger partial charge in [-0.25, -0.2) is 0 Å². The minimum absolute atomic E-state index is 0.124. The van der Waals surface area contributed by atoms with Crippen molar-refractivity contribution < 1.29 is 27.4 Å². The Balaban J connectivity index is 2.59. The number of halogens is 3. The summed E-state index contributed by atoms with van der Waals surface area (Å²) >= 11 is 0. The maximum Gasteiger partial charge on any atom is 0.573 e. The van der Waals surface area contributed by atoms with E-state index in [0.717, 1.165) is 12.1 Å². The molecule has 0 fully saturated rings. The molecule has 1 rings (SSSR count). The number of benzene rings is 1. The molecule has 0 aliphatic carbocycles. The predicted molar refractivity (Wildman–Crippen MR) is 53.6 cm³/mol. The number of ether oxygens (including phenoxy) is 2. The van der Waals surface area contributed by atoms with E-state index in [4.69, 9.17) is 0 Å². The van der Waals surface area contributed by atoms with Crippen molar-refractivity contribution in [2.24, 2.45) is 0 Å². The molecule has 4 nitrogen and oxygen atoms in total. The number of carbonyl (C=O) groups excluding carboxylic acids is 1. The summed E-state index contributed by atoms with van der Waals surface area (Å²) in [6.07, 6.45) is -4.72. The summed E-state index contributed by atoms with van der Waals surface area (Å²) in [5.74, 6) is -0.737. The van der Waals surface area contributed by atoms with Crippen LogP contribution in [0.15, 0.2) is 24.3 Å². The second-order valence-electron chi connectivity index (χ2n) is 3.05. The maximum absolute atomic E-state index is 11.8. The van der Waals surface area contributed by atoms with Crippen molar-refractivity contribution in [2.45, 2.75) is 6.36 Å². The Bertz CT molecular complexity index is 375. The monoisotopic (exact) mass is 249 g/mol. The van der Waals surface area contributed by atoms with E-state index in [1.807, 2.05) is 0 Å². The van der Waals surface area contributed by atoms with Crippen LogP contribution >= 0.6 is 0 Å². The first kappa shape index (κ1) is 13.3. The lowest BCUT2D eigenvalue weighted by Crippen LogP contribution is -2.18. The summed E-state index contributed by atoms with van der Waals surface area (Å²) in [4.78, 5) is 11.1. The number of alkyl halides is 3. The molecular weight excluding hydrogens is 239 g/mol. The van der Waals surface area contributed by atoms with Gasteiger partial charge in [0.15, 0.2) is 0 Å². The fourth-order valence-electron chi connectivity index (χ4n) is 1.07. The highest BCUT2D eigenvalue weighted by Gasteiger charge is 2.30. The smallest absolute Gasteiger partial charge is 0.406 e. The van der Waals surface area contributed by atoms with E-state index in [9.17, 15) is 18.0 Å². The summed E-state index contributed by atoms with van der Waals surface area (Å²) < 4.78 is 43.8. The summed E-state index contributed by atoms with van der Waals surface area (Å²) in [7, 11) is 1.36. The first-order chi connectivity index (χ1) is 7.90. The Labute approximate surface area is 95.3 Å². The van der Waals surface area contributed by atoms with E-state index >= 15 is 0 Å². The third-order valence-electron chi connectivity index (χ3n) is 1.65. The van der Waals surface area contributed by atoms with Crippen LogP contribution in [0.1, 0.15) is 0 Å². The van der Waals surface area contributed by atoms with Crippen molar-refractivity contribution in [3.05, 3.63) is 24.3 Å². The van der Waals surface area contributed by atoms with Crippen molar-refractivity contribution in [1.82, 2.24) is 0 Å². The highest BCUT2D eigenvalue weighted by atomic mass is 19.4. The van der Waals surface area contributed by atoms with Gasteiger partial charge in [0.2, 0.25) is 5.91 Å². The number of nitrogens with one attached hydrogen (secondary N) is 1. The van der Waals surface area contributed by atoms with E-state index in [2.05, 4.69) is 14.8 Å². The molecule has 1 N–H and O–H groups in total. The molecule has 0 aliphatic heterocycles. The lowest BCUT2D eigenvalue weighted by atomic mass is 10.3. The standard InChI is InChI=1S/C10H10F3NO3/c1-16-6-9(15)14-7-2-4-8(5-3-7)17-10(11,12)13/h2-5H,6H2,1H3,(H,14,15). The first-order valence-corrected chi connectivity index (χ1v) is 4.55. The molecule has 1 amide bonds. The van der Waals surface area contributed by atoms with Gasteiger partial charge in [0, 0.05) is 12.8 Å².